The molecule has 0 saturated carbocycles. The van der Waals surface area contributed by atoms with Gasteiger partial charge in [-0.1, -0.05) is 17.7 Å². The number of benzene rings is 1. The van der Waals surface area contributed by atoms with Crippen LogP contribution in [-0.2, 0) is 11.8 Å². The molecule has 0 aliphatic rings. The topological polar surface area (TPSA) is 69.0 Å². The van der Waals surface area contributed by atoms with Crippen LogP contribution in [0.25, 0.3) is 11.0 Å². The van der Waals surface area contributed by atoms with Gasteiger partial charge >= 0.3 is 5.97 Å². The summed E-state index contributed by atoms with van der Waals surface area (Å²) in [6.07, 6.45) is 3.13. The number of carbonyl (C=O) groups is 1. The number of aromatic nitrogens is 3. The summed E-state index contributed by atoms with van der Waals surface area (Å²) in [5, 5.41) is 3.80. The van der Waals surface area contributed by atoms with Crippen LogP contribution in [-0.4, -0.2) is 27.1 Å². The Kier molecular flexibility index (Phi) is 4.16. The van der Waals surface area contributed by atoms with Gasteiger partial charge in [-0.25, -0.2) is 14.8 Å². The van der Waals surface area contributed by atoms with E-state index in [9.17, 15) is 4.79 Å². The molecule has 118 valence electrons. The van der Waals surface area contributed by atoms with E-state index in [1.807, 2.05) is 19.2 Å². The minimum Gasteiger partial charge on any atom is -0.462 e. The number of nitrogens with zero attached hydrogens (tertiary/aromatic N) is 3. The number of anilines is 2. The summed E-state index contributed by atoms with van der Waals surface area (Å²) in [5.41, 5.74) is 2.44. The van der Waals surface area contributed by atoms with Crippen LogP contribution < -0.4 is 5.32 Å². The lowest BCUT2D eigenvalue weighted by Gasteiger charge is -2.09. The molecule has 0 unspecified atom stereocenters. The van der Waals surface area contributed by atoms with Crippen molar-refractivity contribution in [2.45, 2.75) is 6.92 Å². The highest BCUT2D eigenvalue weighted by atomic mass is 35.5. The van der Waals surface area contributed by atoms with Crippen LogP contribution in [0.15, 0.2) is 36.8 Å². The van der Waals surface area contributed by atoms with Gasteiger partial charge < -0.3 is 14.6 Å². The van der Waals surface area contributed by atoms with Crippen LogP contribution >= 0.6 is 11.6 Å². The molecule has 0 aliphatic heterocycles. The largest absolute Gasteiger partial charge is 0.462 e. The highest BCUT2D eigenvalue weighted by molar-refractivity contribution is 6.30. The second-order valence-corrected chi connectivity index (χ2v) is 5.37. The second-order valence-electron chi connectivity index (χ2n) is 4.93. The molecule has 3 rings (SSSR count). The van der Waals surface area contributed by atoms with Crippen LogP contribution in [0.3, 0.4) is 0 Å². The van der Waals surface area contributed by atoms with E-state index in [-0.39, 0.29) is 0 Å². The van der Waals surface area contributed by atoms with Crippen LogP contribution in [0.2, 0.25) is 5.02 Å². The number of halogens is 1. The lowest BCUT2D eigenvalue weighted by Crippen LogP contribution is -2.08. The fourth-order valence-corrected chi connectivity index (χ4v) is 2.52. The van der Waals surface area contributed by atoms with Crippen molar-refractivity contribution in [2.24, 2.45) is 7.05 Å². The molecule has 6 nitrogen and oxygen atoms in total. The maximum absolute atomic E-state index is 12.1. The molecule has 0 aliphatic carbocycles. The highest BCUT2D eigenvalue weighted by Gasteiger charge is 2.18. The van der Waals surface area contributed by atoms with Crippen molar-refractivity contribution in [3.05, 3.63) is 47.4 Å². The van der Waals surface area contributed by atoms with Crippen LogP contribution in [0, 0.1) is 0 Å². The minimum absolute atomic E-state index is 0.306. The summed E-state index contributed by atoms with van der Waals surface area (Å²) in [5.74, 6) is 0.138. The smallest absolute Gasteiger partial charge is 0.341 e. The molecule has 0 amide bonds. The number of rotatable bonds is 4. The summed E-state index contributed by atoms with van der Waals surface area (Å²) in [4.78, 5) is 20.7. The van der Waals surface area contributed by atoms with Crippen LogP contribution in [0.4, 0.5) is 11.5 Å². The summed E-state index contributed by atoms with van der Waals surface area (Å²) < 4.78 is 6.85. The van der Waals surface area contributed by atoms with Gasteiger partial charge in [0.1, 0.15) is 11.1 Å². The maximum atomic E-state index is 12.1. The first-order valence-electron chi connectivity index (χ1n) is 7.10. The Balaban J connectivity index is 2.06. The van der Waals surface area contributed by atoms with Gasteiger partial charge in [-0.15, -0.1) is 0 Å². The Hall–Kier alpha value is -2.60. The summed E-state index contributed by atoms with van der Waals surface area (Å²) in [6, 6.07) is 7.30. The molecule has 23 heavy (non-hydrogen) atoms. The lowest BCUT2D eigenvalue weighted by atomic mass is 10.2. The third-order valence-electron chi connectivity index (χ3n) is 3.32. The van der Waals surface area contributed by atoms with Crippen molar-refractivity contribution >= 4 is 40.1 Å². The fraction of sp³-hybridized carbons (Fsp3) is 0.188. The summed E-state index contributed by atoms with van der Waals surface area (Å²) in [6.45, 7) is 2.07. The number of imidazole rings is 1. The zero-order chi connectivity index (χ0) is 16.4. The quantitative estimate of drug-likeness (QED) is 0.741. The average molecular weight is 331 g/mol. The Morgan fingerprint density at radius 3 is 2.96 bits per heavy atom. The fourth-order valence-electron chi connectivity index (χ4n) is 2.33. The molecule has 0 fully saturated rings. The van der Waals surface area contributed by atoms with E-state index >= 15 is 0 Å². The molecule has 0 atom stereocenters. The van der Waals surface area contributed by atoms with Gasteiger partial charge in [0.15, 0.2) is 5.82 Å². The first-order valence-corrected chi connectivity index (χ1v) is 7.47. The minimum atomic E-state index is -0.414. The van der Waals surface area contributed by atoms with Crippen molar-refractivity contribution in [1.82, 2.24) is 14.5 Å². The normalized spacial score (nSPS) is 10.7. The molecule has 0 saturated heterocycles. The van der Waals surface area contributed by atoms with Gasteiger partial charge in [0.25, 0.3) is 0 Å². The molecule has 0 spiro atoms. The number of carbonyl (C=O) groups excluding carboxylic acids is 1. The van der Waals surface area contributed by atoms with Gasteiger partial charge in [-0.05, 0) is 25.1 Å². The zero-order valence-electron chi connectivity index (χ0n) is 12.7. The molecule has 1 N–H and O–H groups in total. The molecular weight excluding hydrogens is 316 g/mol. The van der Waals surface area contributed by atoms with E-state index in [1.54, 1.807) is 30.0 Å². The predicted molar refractivity (Wildman–Crippen MR) is 89.2 cm³/mol. The SMILES string of the molecule is CCOC(=O)c1cnc(Nc2cccc(Cl)c2)c2ncn(C)c12. The number of pyridine rings is 1. The summed E-state index contributed by atoms with van der Waals surface area (Å²) in [7, 11) is 1.82. The zero-order valence-corrected chi connectivity index (χ0v) is 13.5. The van der Waals surface area contributed by atoms with Crippen molar-refractivity contribution in [3.8, 4) is 0 Å². The van der Waals surface area contributed by atoms with Gasteiger partial charge in [0.05, 0.1) is 18.5 Å². The molecule has 0 bridgehead atoms. The molecular formula is C16H15ClN4O2. The number of esters is 1. The van der Waals surface area contributed by atoms with E-state index in [4.69, 9.17) is 16.3 Å². The second kappa shape index (κ2) is 6.26. The Bertz CT molecular complexity index is 876. The third kappa shape index (κ3) is 2.98. The first kappa shape index (κ1) is 15.3. The molecule has 2 aromatic heterocycles. The van der Waals surface area contributed by atoms with E-state index in [2.05, 4.69) is 15.3 Å². The molecule has 3 aromatic rings. The number of ether oxygens (including phenoxy) is 1. The summed E-state index contributed by atoms with van der Waals surface area (Å²) >= 11 is 5.99. The van der Waals surface area contributed by atoms with E-state index in [1.165, 1.54) is 6.20 Å². The third-order valence-corrected chi connectivity index (χ3v) is 3.56. The van der Waals surface area contributed by atoms with E-state index < -0.39 is 5.97 Å². The number of fused-ring (bicyclic) bond motifs is 1. The molecule has 7 heteroatoms. The van der Waals surface area contributed by atoms with E-state index in [0.29, 0.717) is 34.0 Å². The van der Waals surface area contributed by atoms with Gasteiger partial charge in [0, 0.05) is 24.0 Å². The van der Waals surface area contributed by atoms with Crippen LogP contribution in [0.5, 0.6) is 0 Å². The standard InChI is InChI=1S/C16H15ClN4O2/c1-3-23-16(22)12-8-18-15(13-14(12)21(2)9-19-13)20-11-6-4-5-10(17)7-11/h4-9H,3H2,1-2H3,(H,18,20). The lowest BCUT2D eigenvalue weighted by molar-refractivity contribution is 0.0528. The highest BCUT2D eigenvalue weighted by Crippen LogP contribution is 2.27. The first-order chi connectivity index (χ1) is 11.1. The van der Waals surface area contributed by atoms with E-state index in [0.717, 1.165) is 5.69 Å². The Morgan fingerprint density at radius 2 is 2.22 bits per heavy atom. The number of hydrogen-bond donors (Lipinski definition) is 1. The Morgan fingerprint density at radius 1 is 1.39 bits per heavy atom. The van der Waals surface area contributed by atoms with Gasteiger partial charge in [-0.3, -0.25) is 0 Å². The molecule has 0 radical (unpaired) electrons. The van der Waals surface area contributed by atoms with Crippen molar-refractivity contribution < 1.29 is 9.53 Å². The molecule has 1 aromatic carbocycles. The van der Waals surface area contributed by atoms with Crippen molar-refractivity contribution in [3.63, 3.8) is 0 Å². The number of aryl methyl sites for hydroxylation is 1. The number of nitrogens with one attached hydrogen (secondary N) is 1. The van der Waals surface area contributed by atoms with Gasteiger partial charge in [-0.2, -0.15) is 0 Å². The van der Waals surface area contributed by atoms with Crippen LogP contribution in [0.1, 0.15) is 17.3 Å². The van der Waals surface area contributed by atoms with Crippen molar-refractivity contribution in [2.75, 3.05) is 11.9 Å². The Labute approximate surface area is 138 Å². The van der Waals surface area contributed by atoms with Crippen molar-refractivity contribution in [1.29, 1.82) is 0 Å². The average Bonchev–Trinajstić information content (AvgIpc) is 2.91. The van der Waals surface area contributed by atoms with Gasteiger partial charge in [0.2, 0.25) is 0 Å². The maximum Gasteiger partial charge on any atom is 0.341 e. The molecule has 2 heterocycles. The monoisotopic (exact) mass is 330 g/mol. The predicted octanol–water partition coefficient (Wildman–Crippen LogP) is 3.54. The number of hydrogen-bond acceptors (Lipinski definition) is 5.